The lowest BCUT2D eigenvalue weighted by Crippen LogP contribution is -2.69. The molecule has 7 rings (SSSR count). The van der Waals surface area contributed by atoms with Crippen molar-refractivity contribution in [1.29, 1.82) is 0 Å². The van der Waals surface area contributed by atoms with Crippen molar-refractivity contribution in [2.75, 3.05) is 13.1 Å². The van der Waals surface area contributed by atoms with Gasteiger partial charge < -0.3 is 20.1 Å². The summed E-state index contributed by atoms with van der Waals surface area (Å²) in [5.41, 5.74) is -0.616. The highest BCUT2D eigenvalue weighted by atomic mass is 16.5. The maximum absolute atomic E-state index is 15.1. The summed E-state index contributed by atoms with van der Waals surface area (Å²) in [5, 5.41) is 13.3. The fourth-order valence-electron chi connectivity index (χ4n) is 15.6. The molecule has 1 aliphatic heterocycles. The summed E-state index contributed by atoms with van der Waals surface area (Å²) >= 11 is 0. The zero-order valence-electron chi connectivity index (χ0n) is 36.8. The standard InChI is InChI=1S/C48H76N2O6/c1-29(2)30-17-22-48(40(53)49-35-27-33(43(35,5)6)39(52)50-25-13-12-14-26-50)24-23-46(10)32-15-16-34-44(7,8)36(56-37(51)28-42(3,4)41(54)55)19-20-45(34,9)31(32)18-21-47(46,11)38(30)48/h30-36,38H,1,12-28H2,2-11H3,(H,49,53)(H,54,55)/t30?,31-,32?,33+,34-,35?,36-,38?,45+,46-,47+,48-/m0/s1. The maximum atomic E-state index is 15.1. The van der Waals surface area contributed by atoms with Gasteiger partial charge in [-0.15, -0.1) is 0 Å². The van der Waals surface area contributed by atoms with Gasteiger partial charge in [0.15, 0.2) is 0 Å². The Hall–Kier alpha value is -2.38. The van der Waals surface area contributed by atoms with E-state index in [4.69, 9.17) is 4.74 Å². The van der Waals surface area contributed by atoms with E-state index in [1.807, 2.05) is 0 Å². The van der Waals surface area contributed by atoms with E-state index >= 15 is 4.79 Å². The van der Waals surface area contributed by atoms with Gasteiger partial charge in [-0.1, -0.05) is 60.6 Å². The number of nitrogens with one attached hydrogen (secondary N) is 1. The fraction of sp³-hybridized carbons (Fsp3) is 0.875. The van der Waals surface area contributed by atoms with Crippen LogP contribution in [0.1, 0.15) is 166 Å². The van der Waals surface area contributed by atoms with Crippen LogP contribution in [0.5, 0.6) is 0 Å². The number of carbonyl (C=O) groups is 4. The molecule has 0 aromatic carbocycles. The number of amides is 2. The average molecular weight is 777 g/mol. The highest BCUT2D eigenvalue weighted by Crippen LogP contribution is 2.78. The summed E-state index contributed by atoms with van der Waals surface area (Å²) in [6.07, 6.45) is 14.1. The van der Waals surface area contributed by atoms with Gasteiger partial charge in [-0.2, -0.15) is 0 Å². The fourth-order valence-corrected chi connectivity index (χ4v) is 15.6. The minimum absolute atomic E-state index is 0.00579. The van der Waals surface area contributed by atoms with Crippen LogP contribution in [-0.4, -0.2) is 59.0 Å². The van der Waals surface area contributed by atoms with Gasteiger partial charge in [0.1, 0.15) is 6.10 Å². The van der Waals surface area contributed by atoms with Crippen molar-refractivity contribution < 1.29 is 29.0 Å². The molecule has 6 saturated carbocycles. The molecule has 2 amide bonds. The molecular weight excluding hydrogens is 701 g/mol. The number of ether oxygens (including phenoxy) is 1. The number of nitrogens with zero attached hydrogens (tertiary/aromatic N) is 1. The highest BCUT2D eigenvalue weighted by Gasteiger charge is 2.73. The van der Waals surface area contributed by atoms with Gasteiger partial charge in [0.2, 0.25) is 11.8 Å². The Kier molecular flexibility index (Phi) is 10.3. The monoisotopic (exact) mass is 777 g/mol. The number of carboxylic acid groups (broad SMARTS) is 1. The Morgan fingerprint density at radius 2 is 1.48 bits per heavy atom. The lowest BCUT2D eigenvalue weighted by molar-refractivity contribution is -0.240. The molecule has 0 radical (unpaired) electrons. The minimum Gasteiger partial charge on any atom is -0.481 e. The van der Waals surface area contributed by atoms with Crippen LogP contribution in [-0.2, 0) is 23.9 Å². The summed E-state index contributed by atoms with van der Waals surface area (Å²) in [7, 11) is 0. The molecule has 12 atom stereocenters. The molecule has 8 nitrogen and oxygen atoms in total. The Morgan fingerprint density at radius 3 is 2.11 bits per heavy atom. The van der Waals surface area contributed by atoms with Crippen molar-refractivity contribution in [2.45, 2.75) is 178 Å². The van der Waals surface area contributed by atoms with Gasteiger partial charge in [-0.3, -0.25) is 19.2 Å². The van der Waals surface area contributed by atoms with E-state index in [9.17, 15) is 19.5 Å². The quantitative estimate of drug-likeness (QED) is 0.188. The Balaban J connectivity index is 1.10. The van der Waals surface area contributed by atoms with Gasteiger partial charge >= 0.3 is 11.9 Å². The molecule has 7 aliphatic rings. The molecule has 1 saturated heterocycles. The van der Waals surface area contributed by atoms with Crippen LogP contribution in [0.25, 0.3) is 0 Å². The number of rotatable bonds is 8. The second kappa shape index (κ2) is 13.8. The second-order valence-corrected chi connectivity index (χ2v) is 23.1. The van der Waals surface area contributed by atoms with E-state index < -0.39 is 22.8 Å². The molecule has 0 aromatic rings. The Bertz CT molecular complexity index is 1630. The second-order valence-electron chi connectivity index (χ2n) is 23.1. The maximum Gasteiger partial charge on any atom is 0.309 e. The number of esters is 1. The molecule has 0 spiro atoms. The summed E-state index contributed by atoms with van der Waals surface area (Å²) < 4.78 is 6.19. The first-order valence-electron chi connectivity index (χ1n) is 22.7. The largest absolute Gasteiger partial charge is 0.481 e. The molecule has 2 N–H and O–H groups in total. The third-order valence-corrected chi connectivity index (χ3v) is 19.4. The summed E-state index contributed by atoms with van der Waals surface area (Å²) in [6, 6.07) is 0.0149. The molecule has 4 unspecified atom stereocenters. The van der Waals surface area contributed by atoms with Crippen molar-refractivity contribution >= 4 is 23.8 Å². The first-order chi connectivity index (χ1) is 26.0. The number of fused-ring (bicyclic) bond motifs is 7. The first kappa shape index (κ1) is 41.8. The molecule has 0 aromatic heterocycles. The SMILES string of the molecule is C=C(C)C1CC[C@]2(C(=O)NC3C[C@H](C(=O)N4CCCCC4)C3(C)C)CC[C@@]3(C)C4CC[C@H]5C(C)(C)[C@@H](OC(=O)CC(C)(C)C(=O)O)CC[C@]5(C)[C@H]4CC[C@]3(C)C12. The number of aliphatic carboxylic acids is 1. The summed E-state index contributed by atoms with van der Waals surface area (Å²) in [5.74, 6) is 1.23. The topological polar surface area (TPSA) is 113 Å². The van der Waals surface area contributed by atoms with Gasteiger partial charge in [0.05, 0.1) is 17.3 Å². The van der Waals surface area contributed by atoms with E-state index in [0.717, 1.165) is 96.6 Å². The highest BCUT2D eigenvalue weighted by molar-refractivity contribution is 5.86. The number of piperidine rings is 1. The number of carboxylic acids is 1. The van der Waals surface area contributed by atoms with Crippen molar-refractivity contribution in [3.05, 3.63) is 12.2 Å². The Morgan fingerprint density at radius 1 is 0.804 bits per heavy atom. The van der Waals surface area contributed by atoms with Crippen LogP contribution in [0.15, 0.2) is 12.2 Å². The van der Waals surface area contributed by atoms with Crippen LogP contribution < -0.4 is 5.32 Å². The number of carbonyl (C=O) groups excluding carboxylic acids is 3. The van der Waals surface area contributed by atoms with Crippen LogP contribution in [0.4, 0.5) is 0 Å². The van der Waals surface area contributed by atoms with E-state index in [-0.39, 0.29) is 63.4 Å². The zero-order chi connectivity index (χ0) is 41.0. The third-order valence-electron chi connectivity index (χ3n) is 19.4. The van der Waals surface area contributed by atoms with Crippen LogP contribution in [0.2, 0.25) is 0 Å². The van der Waals surface area contributed by atoms with Crippen LogP contribution in [0, 0.1) is 73.4 Å². The number of likely N-dealkylation sites (tertiary alicyclic amines) is 1. The van der Waals surface area contributed by atoms with Crippen molar-refractivity contribution in [3.8, 4) is 0 Å². The predicted octanol–water partition coefficient (Wildman–Crippen LogP) is 9.60. The molecule has 7 fully saturated rings. The smallest absolute Gasteiger partial charge is 0.309 e. The molecule has 6 aliphatic carbocycles. The lowest BCUT2D eigenvalue weighted by atomic mass is 9.33. The van der Waals surface area contributed by atoms with Gasteiger partial charge in [0.25, 0.3) is 0 Å². The van der Waals surface area contributed by atoms with Crippen molar-refractivity contribution in [3.63, 3.8) is 0 Å². The van der Waals surface area contributed by atoms with Gasteiger partial charge in [-0.05, 0) is 162 Å². The Labute approximate surface area is 338 Å². The van der Waals surface area contributed by atoms with Crippen molar-refractivity contribution in [1.82, 2.24) is 10.2 Å². The first-order valence-corrected chi connectivity index (χ1v) is 22.7. The van der Waals surface area contributed by atoms with Crippen LogP contribution in [0.3, 0.4) is 0 Å². The minimum atomic E-state index is -1.16. The zero-order valence-corrected chi connectivity index (χ0v) is 36.8. The molecule has 1 heterocycles. The molecular formula is C48H76N2O6. The van der Waals surface area contributed by atoms with Gasteiger partial charge in [0, 0.05) is 30.5 Å². The number of hydrogen-bond donors (Lipinski definition) is 2. The molecule has 314 valence electrons. The number of hydrogen-bond acceptors (Lipinski definition) is 5. The van der Waals surface area contributed by atoms with E-state index in [1.54, 1.807) is 13.8 Å². The molecule has 56 heavy (non-hydrogen) atoms. The average Bonchev–Trinajstić information content (AvgIpc) is 3.54. The number of allylic oxidation sites excluding steroid dienone is 1. The normalized spacial score (nSPS) is 43.8. The van der Waals surface area contributed by atoms with E-state index in [1.165, 1.54) is 12.0 Å². The lowest BCUT2D eigenvalue weighted by Gasteiger charge is -2.72. The summed E-state index contributed by atoms with van der Waals surface area (Å²) in [6.45, 7) is 28.4. The predicted molar refractivity (Wildman–Crippen MR) is 219 cm³/mol. The van der Waals surface area contributed by atoms with Crippen molar-refractivity contribution in [2.24, 2.45) is 73.4 Å². The molecule has 8 heteroatoms. The third kappa shape index (κ3) is 6.07. The van der Waals surface area contributed by atoms with E-state index in [2.05, 4.69) is 72.2 Å². The van der Waals surface area contributed by atoms with Gasteiger partial charge in [-0.25, -0.2) is 0 Å². The van der Waals surface area contributed by atoms with Crippen LogP contribution >= 0.6 is 0 Å². The molecule has 0 bridgehead atoms. The summed E-state index contributed by atoms with van der Waals surface area (Å²) in [4.78, 5) is 55.7. The van der Waals surface area contributed by atoms with E-state index in [0.29, 0.717) is 29.6 Å².